The number of amides is 2. The summed E-state index contributed by atoms with van der Waals surface area (Å²) in [5.74, 6) is 0.0860. The SMILES string of the molecule is CC[C@H](C(=O)NC)N(Cc1ccc(F)cc1)C(=O)CCCOc1ccccc1. The van der Waals surface area contributed by atoms with E-state index in [1.165, 1.54) is 12.1 Å². The first-order valence-electron chi connectivity index (χ1n) is 9.48. The van der Waals surface area contributed by atoms with Crippen LogP contribution in [0.25, 0.3) is 0 Å². The van der Waals surface area contributed by atoms with Crippen molar-refractivity contribution in [2.75, 3.05) is 13.7 Å². The Morgan fingerprint density at radius 2 is 1.79 bits per heavy atom. The number of halogens is 1. The molecule has 2 aromatic carbocycles. The number of hydrogen-bond acceptors (Lipinski definition) is 3. The molecule has 0 heterocycles. The first kappa shape index (κ1) is 21.4. The van der Waals surface area contributed by atoms with Crippen molar-refractivity contribution in [3.63, 3.8) is 0 Å². The molecule has 2 rings (SSSR count). The van der Waals surface area contributed by atoms with Gasteiger partial charge in [-0.3, -0.25) is 9.59 Å². The van der Waals surface area contributed by atoms with Crippen LogP contribution in [0.5, 0.6) is 5.75 Å². The number of likely N-dealkylation sites (N-methyl/N-ethyl adjacent to an activating group) is 1. The van der Waals surface area contributed by atoms with Crippen molar-refractivity contribution in [3.05, 3.63) is 66.0 Å². The van der Waals surface area contributed by atoms with Crippen molar-refractivity contribution in [3.8, 4) is 5.75 Å². The van der Waals surface area contributed by atoms with Crippen LogP contribution < -0.4 is 10.1 Å². The molecule has 0 fully saturated rings. The summed E-state index contributed by atoms with van der Waals surface area (Å²) in [6.45, 7) is 2.53. The topological polar surface area (TPSA) is 58.6 Å². The molecule has 0 saturated heterocycles. The van der Waals surface area contributed by atoms with Gasteiger partial charge in [0, 0.05) is 20.0 Å². The highest BCUT2D eigenvalue weighted by Crippen LogP contribution is 2.15. The predicted molar refractivity (Wildman–Crippen MR) is 106 cm³/mol. The number of carbonyl (C=O) groups excluding carboxylic acids is 2. The van der Waals surface area contributed by atoms with Gasteiger partial charge in [0.2, 0.25) is 11.8 Å². The highest BCUT2D eigenvalue weighted by atomic mass is 19.1. The molecule has 5 nitrogen and oxygen atoms in total. The Balaban J connectivity index is 2.00. The van der Waals surface area contributed by atoms with Gasteiger partial charge in [0.25, 0.3) is 0 Å². The number of carbonyl (C=O) groups is 2. The lowest BCUT2D eigenvalue weighted by molar-refractivity contribution is -0.141. The molecule has 0 saturated carbocycles. The van der Waals surface area contributed by atoms with Crippen LogP contribution in [-0.4, -0.2) is 36.4 Å². The minimum Gasteiger partial charge on any atom is -0.494 e. The molecular weight excluding hydrogens is 359 g/mol. The summed E-state index contributed by atoms with van der Waals surface area (Å²) in [5, 5.41) is 2.62. The largest absolute Gasteiger partial charge is 0.494 e. The Morgan fingerprint density at radius 3 is 2.39 bits per heavy atom. The molecule has 150 valence electrons. The van der Waals surface area contributed by atoms with Gasteiger partial charge in [-0.05, 0) is 42.7 Å². The fourth-order valence-corrected chi connectivity index (χ4v) is 2.95. The molecule has 6 heteroatoms. The fourth-order valence-electron chi connectivity index (χ4n) is 2.95. The summed E-state index contributed by atoms with van der Waals surface area (Å²) >= 11 is 0. The van der Waals surface area contributed by atoms with Gasteiger partial charge in [0.1, 0.15) is 17.6 Å². The predicted octanol–water partition coefficient (Wildman–Crippen LogP) is 3.54. The minimum absolute atomic E-state index is 0.128. The van der Waals surface area contributed by atoms with Crippen molar-refractivity contribution in [1.29, 1.82) is 0 Å². The fraction of sp³-hybridized carbons (Fsp3) is 0.364. The van der Waals surface area contributed by atoms with Crippen LogP contribution in [0.2, 0.25) is 0 Å². The molecule has 0 unspecified atom stereocenters. The van der Waals surface area contributed by atoms with Crippen LogP contribution in [0.15, 0.2) is 54.6 Å². The molecule has 2 amide bonds. The smallest absolute Gasteiger partial charge is 0.242 e. The third-order valence-corrected chi connectivity index (χ3v) is 4.45. The van der Waals surface area contributed by atoms with Crippen LogP contribution in [0, 0.1) is 5.82 Å². The van der Waals surface area contributed by atoms with E-state index in [0.717, 1.165) is 11.3 Å². The lowest BCUT2D eigenvalue weighted by atomic mass is 10.1. The van der Waals surface area contributed by atoms with Crippen LogP contribution in [-0.2, 0) is 16.1 Å². The Bertz CT molecular complexity index is 750. The van der Waals surface area contributed by atoms with E-state index in [0.29, 0.717) is 19.4 Å². The Labute approximate surface area is 165 Å². The van der Waals surface area contributed by atoms with Gasteiger partial charge in [-0.15, -0.1) is 0 Å². The molecule has 28 heavy (non-hydrogen) atoms. The summed E-state index contributed by atoms with van der Waals surface area (Å²) < 4.78 is 18.8. The molecule has 0 aromatic heterocycles. The number of ether oxygens (including phenoxy) is 1. The molecule has 0 aliphatic carbocycles. The second-order valence-electron chi connectivity index (χ2n) is 6.45. The summed E-state index contributed by atoms with van der Waals surface area (Å²) in [7, 11) is 1.55. The van der Waals surface area contributed by atoms with Gasteiger partial charge in [-0.25, -0.2) is 4.39 Å². The average Bonchev–Trinajstić information content (AvgIpc) is 2.72. The van der Waals surface area contributed by atoms with E-state index >= 15 is 0 Å². The van der Waals surface area contributed by atoms with E-state index in [2.05, 4.69) is 5.32 Å². The Morgan fingerprint density at radius 1 is 1.11 bits per heavy atom. The van der Waals surface area contributed by atoms with Gasteiger partial charge in [-0.1, -0.05) is 37.3 Å². The average molecular weight is 386 g/mol. The highest BCUT2D eigenvalue weighted by Gasteiger charge is 2.27. The molecule has 2 aromatic rings. The second kappa shape index (κ2) is 11.1. The Kier molecular flexibility index (Phi) is 8.46. The number of nitrogens with one attached hydrogen (secondary N) is 1. The molecule has 0 aliphatic rings. The maximum Gasteiger partial charge on any atom is 0.242 e. The van der Waals surface area contributed by atoms with Crippen molar-refractivity contribution in [2.24, 2.45) is 0 Å². The van der Waals surface area contributed by atoms with E-state index in [-0.39, 0.29) is 30.6 Å². The number of benzene rings is 2. The van der Waals surface area contributed by atoms with E-state index in [1.807, 2.05) is 37.3 Å². The van der Waals surface area contributed by atoms with Gasteiger partial charge >= 0.3 is 0 Å². The van der Waals surface area contributed by atoms with Gasteiger partial charge in [-0.2, -0.15) is 0 Å². The van der Waals surface area contributed by atoms with Crippen molar-refractivity contribution < 1.29 is 18.7 Å². The number of nitrogens with zero attached hydrogens (tertiary/aromatic N) is 1. The minimum atomic E-state index is -0.572. The van der Waals surface area contributed by atoms with Gasteiger partial charge < -0.3 is 15.0 Å². The normalized spacial score (nSPS) is 11.5. The van der Waals surface area contributed by atoms with Crippen LogP contribution in [0.4, 0.5) is 4.39 Å². The zero-order valence-corrected chi connectivity index (χ0v) is 16.4. The van der Waals surface area contributed by atoms with E-state index < -0.39 is 6.04 Å². The third-order valence-electron chi connectivity index (χ3n) is 4.45. The van der Waals surface area contributed by atoms with Crippen LogP contribution in [0.3, 0.4) is 0 Å². The highest BCUT2D eigenvalue weighted by molar-refractivity contribution is 5.87. The number of hydrogen-bond donors (Lipinski definition) is 1. The standard InChI is InChI=1S/C22H27FN2O3/c1-3-20(22(27)24-2)25(16-17-11-13-18(23)14-12-17)21(26)10-7-15-28-19-8-5-4-6-9-19/h4-6,8-9,11-14,20H,3,7,10,15-16H2,1-2H3,(H,24,27)/t20-/m1/s1. The third kappa shape index (κ3) is 6.37. The number of para-hydroxylation sites is 1. The second-order valence-corrected chi connectivity index (χ2v) is 6.45. The number of rotatable bonds is 10. The van der Waals surface area contributed by atoms with Gasteiger partial charge in [0.15, 0.2) is 0 Å². The molecule has 0 bridgehead atoms. The van der Waals surface area contributed by atoms with Crippen LogP contribution >= 0.6 is 0 Å². The summed E-state index contributed by atoms with van der Waals surface area (Å²) in [4.78, 5) is 26.7. The van der Waals surface area contributed by atoms with E-state index in [9.17, 15) is 14.0 Å². The molecule has 0 aliphatic heterocycles. The summed E-state index contributed by atoms with van der Waals surface area (Å²) in [5.41, 5.74) is 0.776. The van der Waals surface area contributed by atoms with Crippen molar-refractivity contribution >= 4 is 11.8 Å². The maximum absolute atomic E-state index is 13.2. The summed E-state index contributed by atoms with van der Waals surface area (Å²) in [6, 6.07) is 14.8. The first-order chi connectivity index (χ1) is 13.5. The first-order valence-corrected chi connectivity index (χ1v) is 9.48. The zero-order valence-electron chi connectivity index (χ0n) is 16.4. The maximum atomic E-state index is 13.2. The van der Waals surface area contributed by atoms with Crippen molar-refractivity contribution in [1.82, 2.24) is 10.2 Å². The lowest BCUT2D eigenvalue weighted by Gasteiger charge is -2.30. The van der Waals surface area contributed by atoms with E-state index in [4.69, 9.17) is 4.74 Å². The summed E-state index contributed by atoms with van der Waals surface area (Å²) in [6.07, 6.45) is 1.30. The van der Waals surface area contributed by atoms with E-state index in [1.54, 1.807) is 24.1 Å². The Hall–Kier alpha value is -2.89. The monoisotopic (exact) mass is 386 g/mol. The zero-order chi connectivity index (χ0) is 20.4. The van der Waals surface area contributed by atoms with Crippen molar-refractivity contribution in [2.45, 2.75) is 38.8 Å². The molecule has 1 atom stereocenters. The lowest BCUT2D eigenvalue weighted by Crippen LogP contribution is -2.48. The molecule has 1 N–H and O–H groups in total. The van der Waals surface area contributed by atoms with Gasteiger partial charge in [0.05, 0.1) is 6.61 Å². The molecule has 0 radical (unpaired) electrons. The molecule has 0 spiro atoms. The van der Waals surface area contributed by atoms with Crippen LogP contribution in [0.1, 0.15) is 31.7 Å². The quantitative estimate of drug-likeness (QED) is 0.636. The molecular formula is C22H27FN2O3.